The Balaban J connectivity index is 6.58. The highest BCUT2D eigenvalue weighted by molar-refractivity contribution is 6.04. The minimum Gasteiger partial charge on any atom is -0.465 e. The van der Waals surface area contributed by atoms with Gasteiger partial charge in [0.2, 0.25) is 5.41 Å². The van der Waals surface area contributed by atoms with E-state index in [9.17, 15) is 24.4 Å². The van der Waals surface area contributed by atoms with Gasteiger partial charge in [0.25, 0.3) is 0 Å². The van der Waals surface area contributed by atoms with E-state index in [-0.39, 0.29) is 32.8 Å². The number of esters is 4. The lowest BCUT2D eigenvalue weighted by Crippen LogP contribution is -2.43. The van der Waals surface area contributed by atoms with Crippen molar-refractivity contribution in [3.8, 4) is 29.8 Å². The van der Waals surface area contributed by atoms with E-state index >= 15 is 0 Å². The molecule has 0 saturated heterocycles. The second-order valence-corrected chi connectivity index (χ2v) is 6.29. The van der Waals surface area contributed by atoms with Gasteiger partial charge in [-0.15, -0.1) is 11.8 Å². The van der Waals surface area contributed by atoms with Gasteiger partial charge >= 0.3 is 23.9 Å². The number of hydrogen-bond acceptors (Lipinski definition) is 9. The first-order valence-electron chi connectivity index (χ1n) is 10.2. The highest BCUT2D eigenvalue weighted by Gasteiger charge is 2.50. The minimum atomic E-state index is -2.23. The lowest BCUT2D eigenvalue weighted by molar-refractivity contribution is -0.171. The molecule has 0 aromatic heterocycles. The molecule has 0 aliphatic rings. The molecule has 0 amide bonds. The van der Waals surface area contributed by atoms with Crippen LogP contribution in [0.1, 0.15) is 53.9 Å². The van der Waals surface area contributed by atoms with Crippen LogP contribution in [0.3, 0.4) is 0 Å². The van der Waals surface area contributed by atoms with Gasteiger partial charge in [-0.2, -0.15) is 5.26 Å². The molecule has 0 fully saturated rings. The van der Waals surface area contributed by atoms with Crippen molar-refractivity contribution in [1.29, 1.82) is 5.26 Å². The fraction of sp³-hybridized carbons (Fsp3) is 0.609. The van der Waals surface area contributed by atoms with Gasteiger partial charge in [0, 0.05) is 12.8 Å². The van der Waals surface area contributed by atoms with Crippen molar-refractivity contribution in [3.63, 3.8) is 0 Å². The molecule has 0 aromatic rings. The maximum absolute atomic E-state index is 12.7. The molecular weight excluding hydrogens is 418 g/mol. The lowest BCUT2D eigenvalue weighted by Gasteiger charge is -2.26. The Morgan fingerprint density at radius 2 is 1.09 bits per heavy atom. The maximum Gasteiger partial charge on any atom is 0.337 e. The maximum atomic E-state index is 12.7. The third-order valence-corrected chi connectivity index (χ3v) is 4.18. The third kappa shape index (κ3) is 7.03. The van der Waals surface area contributed by atoms with Crippen molar-refractivity contribution >= 4 is 23.9 Å². The van der Waals surface area contributed by atoms with E-state index in [0.717, 1.165) is 0 Å². The zero-order valence-electron chi connectivity index (χ0n) is 19.2. The molecule has 9 heteroatoms. The number of nitrogens with zero attached hydrogens (tertiary/aromatic N) is 1. The Hall–Kier alpha value is -3.51. The Kier molecular flexibility index (Phi) is 12.9. The normalized spacial score (nSPS) is 10.2. The van der Waals surface area contributed by atoms with E-state index in [0.29, 0.717) is 0 Å². The summed E-state index contributed by atoms with van der Waals surface area (Å²) in [6, 6.07) is 1.75. The molecule has 0 heterocycles. The van der Waals surface area contributed by atoms with Crippen molar-refractivity contribution in [3.05, 3.63) is 0 Å². The molecule has 9 nitrogen and oxygen atoms in total. The van der Waals surface area contributed by atoms with Crippen molar-refractivity contribution in [2.24, 2.45) is 10.8 Å². The monoisotopic (exact) mass is 447 g/mol. The van der Waals surface area contributed by atoms with Gasteiger partial charge in [-0.3, -0.25) is 9.59 Å². The smallest absolute Gasteiger partial charge is 0.337 e. The quantitative estimate of drug-likeness (QED) is 0.202. The van der Waals surface area contributed by atoms with Gasteiger partial charge in [0.1, 0.15) is 0 Å². The summed E-state index contributed by atoms with van der Waals surface area (Å²) >= 11 is 0. The largest absolute Gasteiger partial charge is 0.465 e. The average molecular weight is 447 g/mol. The number of rotatable bonds is 11. The van der Waals surface area contributed by atoms with Crippen LogP contribution in [0.25, 0.3) is 0 Å². The van der Waals surface area contributed by atoms with Crippen LogP contribution in [0.2, 0.25) is 0 Å². The standard InChI is InChI=1S/C23H29NO8/c1-6-11-13-22(18(25)29-7-2,19(26)30-8-3)14-12-15-23(16-17-24,20(27)31-9-4)21(28)32-10-5/h7-10,13-14,16H2,1-5H3. The Morgan fingerprint density at radius 1 is 0.688 bits per heavy atom. The molecule has 0 spiro atoms. The first-order chi connectivity index (χ1) is 15.3. The van der Waals surface area contributed by atoms with Crippen LogP contribution in [0.4, 0.5) is 0 Å². The number of carbonyl (C=O) groups excluding carboxylic acids is 4. The fourth-order valence-corrected chi connectivity index (χ4v) is 2.56. The van der Waals surface area contributed by atoms with E-state index < -0.39 is 47.5 Å². The van der Waals surface area contributed by atoms with Crippen molar-refractivity contribution in [2.75, 3.05) is 26.4 Å². The van der Waals surface area contributed by atoms with Crippen LogP contribution >= 0.6 is 0 Å². The Labute approximate surface area is 188 Å². The molecular formula is C23H29NO8. The zero-order valence-corrected chi connectivity index (χ0v) is 19.2. The molecule has 174 valence electrons. The topological polar surface area (TPSA) is 129 Å². The van der Waals surface area contributed by atoms with Crippen LogP contribution in [-0.4, -0.2) is 50.3 Å². The Morgan fingerprint density at radius 3 is 1.47 bits per heavy atom. The van der Waals surface area contributed by atoms with Crippen LogP contribution < -0.4 is 0 Å². The van der Waals surface area contributed by atoms with Crippen LogP contribution in [0.15, 0.2) is 0 Å². The summed E-state index contributed by atoms with van der Waals surface area (Å²) in [5, 5.41) is 9.23. The summed E-state index contributed by atoms with van der Waals surface area (Å²) in [6.45, 7) is 7.62. The SMILES string of the molecule is CC#CCC(CC#CC(CC#N)(C(=O)OCC)C(=O)OCC)(C(=O)OCC)C(=O)OCC. The molecule has 0 saturated carbocycles. The van der Waals surface area contributed by atoms with Crippen LogP contribution in [0, 0.1) is 45.8 Å². The molecule has 0 bridgehead atoms. The fourth-order valence-electron chi connectivity index (χ4n) is 2.56. The second-order valence-electron chi connectivity index (χ2n) is 6.29. The summed E-state index contributed by atoms with van der Waals surface area (Å²) < 4.78 is 20.0. The van der Waals surface area contributed by atoms with Crippen LogP contribution in [-0.2, 0) is 38.1 Å². The molecule has 0 aliphatic heterocycles. The summed E-state index contributed by atoms with van der Waals surface area (Å²) in [5.74, 6) is 6.37. The van der Waals surface area contributed by atoms with Gasteiger partial charge in [-0.25, -0.2) is 9.59 Å². The third-order valence-electron chi connectivity index (χ3n) is 4.18. The second kappa shape index (κ2) is 14.5. The minimum absolute atomic E-state index is 0.00298. The predicted molar refractivity (Wildman–Crippen MR) is 112 cm³/mol. The summed E-state index contributed by atoms with van der Waals surface area (Å²) in [7, 11) is 0. The summed E-state index contributed by atoms with van der Waals surface area (Å²) in [5.41, 5.74) is -4.13. The number of ether oxygens (including phenoxy) is 4. The molecule has 0 radical (unpaired) electrons. The Bertz CT molecular complexity index is 811. The van der Waals surface area contributed by atoms with Gasteiger partial charge in [-0.05, 0) is 34.6 Å². The molecule has 0 N–H and O–H groups in total. The van der Waals surface area contributed by atoms with Crippen LogP contribution in [0.5, 0.6) is 0 Å². The highest BCUT2D eigenvalue weighted by atomic mass is 16.6. The average Bonchev–Trinajstić information content (AvgIpc) is 2.75. The van der Waals surface area contributed by atoms with E-state index in [1.165, 1.54) is 20.8 Å². The molecule has 0 aliphatic carbocycles. The predicted octanol–water partition coefficient (Wildman–Crippen LogP) is 1.93. The van der Waals surface area contributed by atoms with Gasteiger partial charge < -0.3 is 18.9 Å². The van der Waals surface area contributed by atoms with Gasteiger partial charge in [0.05, 0.1) is 38.9 Å². The molecule has 0 aromatic carbocycles. The number of nitriles is 1. The lowest BCUT2D eigenvalue weighted by atomic mass is 9.80. The molecule has 0 atom stereocenters. The number of hydrogen-bond donors (Lipinski definition) is 0. The first-order valence-corrected chi connectivity index (χ1v) is 10.2. The van der Waals surface area contributed by atoms with E-state index in [4.69, 9.17) is 18.9 Å². The van der Waals surface area contributed by atoms with Crippen molar-refractivity contribution in [2.45, 2.75) is 53.9 Å². The van der Waals surface area contributed by atoms with Crippen molar-refractivity contribution < 1.29 is 38.1 Å². The van der Waals surface area contributed by atoms with E-state index in [1.807, 2.05) is 0 Å². The van der Waals surface area contributed by atoms with E-state index in [2.05, 4.69) is 23.7 Å². The van der Waals surface area contributed by atoms with E-state index in [1.54, 1.807) is 19.9 Å². The summed E-state index contributed by atoms with van der Waals surface area (Å²) in [4.78, 5) is 50.7. The summed E-state index contributed by atoms with van der Waals surface area (Å²) in [6.07, 6.45) is -1.36. The van der Waals surface area contributed by atoms with Gasteiger partial charge in [-0.1, -0.05) is 11.8 Å². The van der Waals surface area contributed by atoms with Gasteiger partial charge in [0.15, 0.2) is 5.41 Å². The number of carbonyl (C=O) groups is 4. The zero-order chi connectivity index (χ0) is 24.6. The van der Waals surface area contributed by atoms with Crippen molar-refractivity contribution in [1.82, 2.24) is 0 Å². The molecule has 32 heavy (non-hydrogen) atoms. The molecule has 0 rings (SSSR count). The highest BCUT2D eigenvalue weighted by Crippen LogP contribution is 2.32. The molecule has 0 unspecified atom stereocenters. The first kappa shape index (κ1) is 28.5.